The van der Waals surface area contributed by atoms with Crippen molar-refractivity contribution in [2.45, 2.75) is 13.3 Å². The molecule has 2 aromatic rings. The van der Waals surface area contributed by atoms with Crippen LogP contribution in [0.2, 0.25) is 0 Å². The number of amides is 1. The summed E-state index contributed by atoms with van der Waals surface area (Å²) in [6, 6.07) is 1.72. The van der Waals surface area contributed by atoms with Gasteiger partial charge in [-0.1, -0.05) is 0 Å². The number of aromatic nitrogens is 2. The summed E-state index contributed by atoms with van der Waals surface area (Å²) in [5, 5.41) is 0. The number of methoxy groups -OCH3 is 1. The molecule has 0 aromatic carbocycles. The zero-order valence-corrected chi connectivity index (χ0v) is 13.4. The van der Waals surface area contributed by atoms with Gasteiger partial charge in [0.25, 0.3) is 5.91 Å². The van der Waals surface area contributed by atoms with Crippen LogP contribution in [0.5, 0.6) is 5.88 Å². The third-order valence-corrected chi connectivity index (χ3v) is 3.98. The third kappa shape index (κ3) is 3.28. The van der Waals surface area contributed by atoms with Crippen LogP contribution in [-0.4, -0.2) is 54.1 Å². The first-order valence-corrected chi connectivity index (χ1v) is 7.63. The normalized spacial score (nSPS) is 15.4. The van der Waals surface area contributed by atoms with E-state index >= 15 is 0 Å². The number of rotatable bonds is 3. The summed E-state index contributed by atoms with van der Waals surface area (Å²) in [6.45, 7) is 4.72. The fourth-order valence-electron chi connectivity index (χ4n) is 2.67. The van der Waals surface area contributed by atoms with E-state index in [2.05, 4.69) is 14.9 Å². The highest BCUT2D eigenvalue weighted by atomic mass is 16.5. The van der Waals surface area contributed by atoms with Gasteiger partial charge in [-0.25, -0.2) is 4.98 Å². The quantitative estimate of drug-likeness (QED) is 0.859. The molecule has 0 atom stereocenters. The molecule has 1 fully saturated rings. The molecule has 3 heterocycles. The number of hydrogen-bond donors (Lipinski definition) is 0. The Labute approximate surface area is 134 Å². The fraction of sp³-hybridized carbons (Fsp3) is 0.438. The Hall–Kier alpha value is -2.57. The smallest absolute Gasteiger partial charge is 0.257 e. The number of carbonyl (C=O) groups excluding carboxylic acids is 1. The van der Waals surface area contributed by atoms with E-state index in [1.807, 2.05) is 11.8 Å². The van der Waals surface area contributed by atoms with Crippen molar-refractivity contribution in [3.63, 3.8) is 0 Å². The molecule has 0 spiro atoms. The van der Waals surface area contributed by atoms with Crippen LogP contribution in [0.3, 0.4) is 0 Å². The van der Waals surface area contributed by atoms with Crippen LogP contribution in [0.1, 0.15) is 22.3 Å². The van der Waals surface area contributed by atoms with Crippen LogP contribution in [0.25, 0.3) is 0 Å². The Morgan fingerprint density at radius 3 is 2.87 bits per heavy atom. The Balaban J connectivity index is 1.69. The number of anilines is 1. The van der Waals surface area contributed by atoms with E-state index in [-0.39, 0.29) is 5.91 Å². The van der Waals surface area contributed by atoms with Gasteiger partial charge in [-0.3, -0.25) is 4.79 Å². The van der Waals surface area contributed by atoms with E-state index in [1.165, 1.54) is 6.26 Å². The minimum absolute atomic E-state index is 0.0182. The predicted octanol–water partition coefficient (Wildman–Crippen LogP) is 1.74. The van der Waals surface area contributed by atoms with Gasteiger partial charge >= 0.3 is 0 Å². The van der Waals surface area contributed by atoms with Crippen LogP contribution in [0.4, 0.5) is 5.95 Å². The highest BCUT2D eigenvalue weighted by Gasteiger charge is 2.23. The largest absolute Gasteiger partial charge is 0.481 e. The molecule has 0 aliphatic carbocycles. The Morgan fingerprint density at radius 2 is 2.13 bits per heavy atom. The summed E-state index contributed by atoms with van der Waals surface area (Å²) < 4.78 is 10.3. The molecule has 0 radical (unpaired) electrons. The molecule has 1 saturated heterocycles. The molecule has 1 amide bonds. The van der Waals surface area contributed by atoms with Gasteiger partial charge in [0.2, 0.25) is 11.8 Å². The average molecular weight is 316 g/mol. The highest BCUT2D eigenvalue weighted by molar-refractivity contribution is 5.95. The number of aryl methyl sites for hydroxylation is 1. The van der Waals surface area contributed by atoms with Crippen molar-refractivity contribution in [2.24, 2.45) is 0 Å². The number of ether oxygens (including phenoxy) is 1. The SMILES string of the molecule is COc1ccnc(N2CCCN(C(=O)c3cocc3C)CC2)n1. The van der Waals surface area contributed by atoms with Crippen LogP contribution < -0.4 is 9.64 Å². The number of carbonyl (C=O) groups is 1. The predicted molar refractivity (Wildman–Crippen MR) is 84.8 cm³/mol. The van der Waals surface area contributed by atoms with E-state index in [0.717, 1.165) is 18.5 Å². The van der Waals surface area contributed by atoms with Crippen molar-refractivity contribution in [1.82, 2.24) is 14.9 Å². The molecular formula is C16H20N4O3. The maximum absolute atomic E-state index is 12.6. The molecule has 2 aromatic heterocycles. The monoisotopic (exact) mass is 316 g/mol. The Bertz CT molecular complexity index is 685. The summed E-state index contributed by atoms with van der Waals surface area (Å²) in [7, 11) is 1.59. The van der Waals surface area contributed by atoms with Crippen molar-refractivity contribution >= 4 is 11.9 Å². The number of nitrogens with zero attached hydrogens (tertiary/aromatic N) is 4. The van der Waals surface area contributed by atoms with Gasteiger partial charge in [-0.15, -0.1) is 0 Å². The van der Waals surface area contributed by atoms with Crippen molar-refractivity contribution in [2.75, 3.05) is 38.2 Å². The second-order valence-corrected chi connectivity index (χ2v) is 5.50. The Kier molecular flexibility index (Phi) is 4.45. The third-order valence-electron chi connectivity index (χ3n) is 3.98. The van der Waals surface area contributed by atoms with Crippen LogP contribution in [0, 0.1) is 6.92 Å². The van der Waals surface area contributed by atoms with Gasteiger partial charge in [0, 0.05) is 38.4 Å². The molecule has 0 saturated carbocycles. The van der Waals surface area contributed by atoms with Crippen molar-refractivity contribution in [1.29, 1.82) is 0 Å². The maximum atomic E-state index is 12.6. The highest BCUT2D eigenvalue weighted by Crippen LogP contribution is 2.17. The summed E-state index contributed by atoms with van der Waals surface area (Å²) in [6.07, 6.45) is 5.67. The zero-order chi connectivity index (χ0) is 16.2. The molecule has 7 heteroatoms. The first-order chi connectivity index (χ1) is 11.2. The van der Waals surface area contributed by atoms with E-state index < -0.39 is 0 Å². The number of hydrogen-bond acceptors (Lipinski definition) is 6. The van der Waals surface area contributed by atoms with Crippen LogP contribution in [0.15, 0.2) is 29.2 Å². The molecule has 7 nitrogen and oxygen atoms in total. The van der Waals surface area contributed by atoms with Gasteiger partial charge < -0.3 is 19.0 Å². The maximum Gasteiger partial charge on any atom is 0.257 e. The summed E-state index contributed by atoms with van der Waals surface area (Å²) in [5.74, 6) is 1.20. The van der Waals surface area contributed by atoms with Crippen molar-refractivity contribution < 1.29 is 13.9 Å². The van der Waals surface area contributed by atoms with Gasteiger partial charge in [0.15, 0.2) is 0 Å². The van der Waals surface area contributed by atoms with E-state index in [9.17, 15) is 4.79 Å². The van der Waals surface area contributed by atoms with Crippen LogP contribution >= 0.6 is 0 Å². The number of furan rings is 1. The average Bonchev–Trinajstić information content (AvgIpc) is 2.86. The standard InChI is InChI=1S/C16H20N4O3/c1-12-10-23-11-13(12)15(21)19-6-3-7-20(9-8-19)16-17-5-4-14(18-16)22-2/h4-5,10-11H,3,6-9H2,1-2H3. The first kappa shape index (κ1) is 15.3. The summed E-state index contributed by atoms with van der Waals surface area (Å²) >= 11 is 0. The summed E-state index contributed by atoms with van der Waals surface area (Å²) in [5.41, 5.74) is 1.50. The molecule has 1 aliphatic heterocycles. The van der Waals surface area contributed by atoms with Crippen LogP contribution in [-0.2, 0) is 0 Å². The molecule has 122 valence electrons. The van der Waals surface area contributed by atoms with Crippen molar-refractivity contribution in [3.8, 4) is 5.88 Å². The molecule has 3 rings (SSSR count). The minimum Gasteiger partial charge on any atom is -0.481 e. The minimum atomic E-state index is 0.0182. The molecular weight excluding hydrogens is 296 g/mol. The second kappa shape index (κ2) is 6.68. The van der Waals surface area contributed by atoms with Gasteiger partial charge in [-0.2, -0.15) is 4.98 Å². The lowest BCUT2D eigenvalue weighted by Gasteiger charge is -2.22. The van der Waals surface area contributed by atoms with Gasteiger partial charge in [0.05, 0.1) is 18.9 Å². The second-order valence-electron chi connectivity index (χ2n) is 5.50. The lowest BCUT2D eigenvalue weighted by Crippen LogP contribution is -2.35. The lowest BCUT2D eigenvalue weighted by atomic mass is 10.2. The van der Waals surface area contributed by atoms with E-state index in [0.29, 0.717) is 37.0 Å². The molecule has 23 heavy (non-hydrogen) atoms. The Morgan fingerprint density at radius 1 is 1.26 bits per heavy atom. The zero-order valence-electron chi connectivity index (χ0n) is 13.4. The topological polar surface area (TPSA) is 71.7 Å². The molecule has 1 aliphatic rings. The molecule has 0 bridgehead atoms. The van der Waals surface area contributed by atoms with E-state index in [1.54, 1.807) is 25.6 Å². The molecule has 0 N–H and O–H groups in total. The van der Waals surface area contributed by atoms with E-state index in [4.69, 9.17) is 9.15 Å². The van der Waals surface area contributed by atoms with Crippen molar-refractivity contribution in [3.05, 3.63) is 35.9 Å². The van der Waals surface area contributed by atoms with Gasteiger partial charge in [-0.05, 0) is 18.9 Å². The lowest BCUT2D eigenvalue weighted by molar-refractivity contribution is 0.0765. The molecule has 0 unspecified atom stereocenters. The summed E-state index contributed by atoms with van der Waals surface area (Å²) in [4.78, 5) is 25.2. The van der Waals surface area contributed by atoms with Gasteiger partial charge in [0.1, 0.15) is 6.26 Å². The first-order valence-electron chi connectivity index (χ1n) is 7.63. The fourth-order valence-corrected chi connectivity index (χ4v) is 2.67.